The second kappa shape index (κ2) is 5.78. The van der Waals surface area contributed by atoms with Gasteiger partial charge < -0.3 is 0 Å². The molecule has 0 aromatic heterocycles. The van der Waals surface area contributed by atoms with Crippen molar-refractivity contribution in [2.75, 3.05) is 0 Å². The van der Waals surface area contributed by atoms with Crippen molar-refractivity contribution < 1.29 is 8.78 Å². The summed E-state index contributed by atoms with van der Waals surface area (Å²) in [6.07, 6.45) is 0. The summed E-state index contributed by atoms with van der Waals surface area (Å²) in [6, 6.07) is 0. The van der Waals surface area contributed by atoms with Crippen molar-refractivity contribution in [3.63, 3.8) is 0 Å². The summed E-state index contributed by atoms with van der Waals surface area (Å²) in [5.41, 5.74) is 0. The number of hydrogen-bond donors (Lipinski definition) is 0. The van der Waals surface area contributed by atoms with Crippen molar-refractivity contribution >= 4 is 46.4 Å². The van der Waals surface area contributed by atoms with Gasteiger partial charge in [0.05, 0.1) is 0 Å². The first-order chi connectivity index (χ1) is 3.73. The third-order valence-electron chi connectivity index (χ3n) is 0. The minimum atomic E-state index is -3.56. The topological polar surface area (TPSA) is 0 Å². The van der Waals surface area contributed by atoms with Gasteiger partial charge in [-0.1, -0.05) is 0 Å². The molecule has 0 aliphatic heterocycles. The standard InChI is InChI=1S/C2H4Cl2.CCl2F2/c1-2(3)4;2-1(3,4)5/h2H,1H3;. The monoisotopic (exact) mass is 218 g/mol. The zero-order chi connectivity index (χ0) is 8.08. The molecule has 58 valence electrons. The van der Waals surface area contributed by atoms with Crippen molar-refractivity contribution in [3.8, 4) is 0 Å². The number of hydrogen-bond acceptors (Lipinski definition) is 0. The normalized spacial score (nSPS) is 10.7. The average molecular weight is 220 g/mol. The van der Waals surface area contributed by atoms with Gasteiger partial charge in [-0.05, 0) is 30.1 Å². The molecule has 0 saturated carbocycles. The maximum absolute atomic E-state index is 10.6. The van der Waals surface area contributed by atoms with Crippen molar-refractivity contribution in [1.82, 2.24) is 0 Å². The molecule has 0 rings (SSSR count). The highest BCUT2D eigenvalue weighted by atomic mass is 35.5. The predicted octanol–water partition coefficient (Wildman–Crippen LogP) is 3.82. The lowest BCUT2D eigenvalue weighted by molar-refractivity contribution is 0.194. The van der Waals surface area contributed by atoms with Crippen LogP contribution in [-0.2, 0) is 0 Å². The Labute approximate surface area is 72.0 Å². The van der Waals surface area contributed by atoms with E-state index in [-0.39, 0.29) is 4.84 Å². The summed E-state index contributed by atoms with van der Waals surface area (Å²) < 4.78 is 21.1. The molecule has 0 amide bonds. The first-order valence-corrected chi connectivity index (χ1v) is 3.40. The molecule has 0 atom stereocenters. The van der Waals surface area contributed by atoms with Crippen LogP contribution in [0.25, 0.3) is 0 Å². The first kappa shape index (κ1) is 12.7. The highest BCUT2D eigenvalue weighted by Crippen LogP contribution is 2.22. The van der Waals surface area contributed by atoms with Gasteiger partial charge in [0.25, 0.3) is 0 Å². The van der Waals surface area contributed by atoms with Gasteiger partial charge in [0, 0.05) is 0 Å². The highest BCUT2D eigenvalue weighted by Gasteiger charge is 2.17. The Kier molecular flexibility index (Phi) is 8.14. The van der Waals surface area contributed by atoms with Gasteiger partial charge in [-0.2, -0.15) is 8.78 Å². The molecule has 0 radical (unpaired) electrons. The lowest BCUT2D eigenvalue weighted by Crippen LogP contribution is -1.86. The van der Waals surface area contributed by atoms with Gasteiger partial charge in [-0.3, -0.25) is 0 Å². The zero-order valence-corrected chi connectivity index (χ0v) is 7.37. The van der Waals surface area contributed by atoms with E-state index in [0.717, 1.165) is 0 Å². The second-order valence-electron chi connectivity index (χ2n) is 0.947. The van der Waals surface area contributed by atoms with Crippen LogP contribution in [0.4, 0.5) is 8.78 Å². The molecule has 0 aliphatic carbocycles. The van der Waals surface area contributed by atoms with E-state index in [1.165, 1.54) is 0 Å². The van der Waals surface area contributed by atoms with Crippen LogP contribution in [0.3, 0.4) is 0 Å². The fourth-order valence-corrected chi connectivity index (χ4v) is 0. The smallest absolute Gasteiger partial charge is 0.172 e. The molecule has 0 heterocycles. The van der Waals surface area contributed by atoms with Crippen molar-refractivity contribution in [2.24, 2.45) is 0 Å². The van der Waals surface area contributed by atoms with E-state index in [1.54, 1.807) is 6.92 Å². The number of rotatable bonds is 0. The quantitative estimate of drug-likeness (QED) is 0.544. The Morgan fingerprint density at radius 2 is 1.22 bits per heavy atom. The molecule has 9 heavy (non-hydrogen) atoms. The summed E-state index contributed by atoms with van der Waals surface area (Å²) in [5, 5.41) is 0. The minimum Gasteiger partial charge on any atom is -0.172 e. The lowest BCUT2D eigenvalue weighted by atomic mass is 11.0. The Morgan fingerprint density at radius 1 is 1.22 bits per heavy atom. The molecule has 0 bridgehead atoms. The first-order valence-electron chi connectivity index (χ1n) is 1.77. The summed E-state index contributed by atoms with van der Waals surface area (Å²) in [4.78, 5) is -3.78. The van der Waals surface area contributed by atoms with Crippen LogP contribution in [0.5, 0.6) is 0 Å². The van der Waals surface area contributed by atoms with Gasteiger partial charge in [0.1, 0.15) is 4.84 Å². The third-order valence-corrected chi connectivity index (χ3v) is 0. The summed E-state index contributed by atoms with van der Waals surface area (Å²) in [5.74, 6) is 0. The van der Waals surface area contributed by atoms with Gasteiger partial charge in [0.15, 0.2) is 0 Å². The minimum absolute atomic E-state index is 0.222. The van der Waals surface area contributed by atoms with Crippen molar-refractivity contribution in [1.29, 1.82) is 0 Å². The largest absolute Gasteiger partial charge is 0.401 e. The summed E-state index contributed by atoms with van der Waals surface area (Å²) >= 11 is 18.0. The van der Waals surface area contributed by atoms with Crippen molar-refractivity contribution in [3.05, 3.63) is 0 Å². The second-order valence-corrected chi connectivity index (χ2v) is 3.62. The Balaban J connectivity index is 0. The molecule has 0 spiro atoms. The van der Waals surface area contributed by atoms with E-state index in [0.29, 0.717) is 0 Å². The molecular formula is C3H4Cl4F2. The van der Waals surface area contributed by atoms with Gasteiger partial charge >= 0.3 is 4.84 Å². The van der Waals surface area contributed by atoms with Crippen LogP contribution < -0.4 is 0 Å². The fourth-order valence-electron chi connectivity index (χ4n) is 0. The van der Waals surface area contributed by atoms with Gasteiger partial charge in [0.2, 0.25) is 0 Å². The van der Waals surface area contributed by atoms with Crippen LogP contribution in [-0.4, -0.2) is 9.68 Å². The van der Waals surface area contributed by atoms with E-state index in [1.807, 2.05) is 0 Å². The molecule has 0 aromatic rings. The molecule has 0 N–H and O–H groups in total. The third kappa shape index (κ3) is 427. The average Bonchev–Trinajstić information content (AvgIpc) is 1.19. The van der Waals surface area contributed by atoms with E-state index in [4.69, 9.17) is 23.2 Å². The Bertz CT molecular complexity index is 50.6. The zero-order valence-electron chi connectivity index (χ0n) is 4.35. The maximum Gasteiger partial charge on any atom is 0.401 e. The number of alkyl halides is 6. The SMILES string of the molecule is CC(Cl)Cl.FC(F)(Cl)Cl. The lowest BCUT2D eigenvalue weighted by Gasteiger charge is -1.87. The predicted molar refractivity (Wildman–Crippen MR) is 37.8 cm³/mol. The molecular weight excluding hydrogens is 216 g/mol. The van der Waals surface area contributed by atoms with Crippen LogP contribution in [0.2, 0.25) is 0 Å². The van der Waals surface area contributed by atoms with Crippen LogP contribution >= 0.6 is 46.4 Å². The van der Waals surface area contributed by atoms with Crippen LogP contribution in [0.1, 0.15) is 6.92 Å². The molecule has 0 unspecified atom stereocenters. The highest BCUT2D eigenvalue weighted by molar-refractivity contribution is 6.45. The molecule has 0 nitrogen and oxygen atoms in total. The van der Waals surface area contributed by atoms with Crippen molar-refractivity contribution in [2.45, 2.75) is 16.6 Å². The summed E-state index contributed by atoms with van der Waals surface area (Å²) in [7, 11) is 0. The van der Waals surface area contributed by atoms with E-state index < -0.39 is 4.84 Å². The molecule has 0 aliphatic rings. The van der Waals surface area contributed by atoms with Gasteiger partial charge in [-0.15, -0.1) is 23.2 Å². The van der Waals surface area contributed by atoms with Crippen LogP contribution in [0, 0.1) is 0 Å². The Morgan fingerprint density at radius 3 is 1.22 bits per heavy atom. The fraction of sp³-hybridized carbons (Fsp3) is 1.00. The number of halogens is 6. The Hall–Kier alpha value is 1.02. The van der Waals surface area contributed by atoms with E-state index >= 15 is 0 Å². The van der Waals surface area contributed by atoms with E-state index in [2.05, 4.69) is 23.2 Å². The molecule has 0 aromatic carbocycles. The maximum atomic E-state index is 10.6. The summed E-state index contributed by atoms with van der Waals surface area (Å²) in [6.45, 7) is 1.70. The molecule has 6 heteroatoms. The molecule has 0 saturated heterocycles. The van der Waals surface area contributed by atoms with Crippen LogP contribution in [0.15, 0.2) is 0 Å². The van der Waals surface area contributed by atoms with Gasteiger partial charge in [-0.25, -0.2) is 0 Å². The van der Waals surface area contributed by atoms with E-state index in [9.17, 15) is 8.78 Å². The molecule has 0 fully saturated rings.